The summed E-state index contributed by atoms with van der Waals surface area (Å²) in [4.78, 5) is 0. The molecule has 0 aromatic rings. The Morgan fingerprint density at radius 1 is 0.130 bits per heavy atom. The third-order valence-electron chi connectivity index (χ3n) is 0. The summed E-state index contributed by atoms with van der Waals surface area (Å²) in [6.45, 7) is 0. The second-order valence-electron chi connectivity index (χ2n) is 0. The first-order valence-corrected chi connectivity index (χ1v) is 0. The number of hydrogen-bond acceptors (Lipinski definition) is 0. The second kappa shape index (κ2) is 202. The molecule has 0 N–H and O–H groups in total. The summed E-state index contributed by atoms with van der Waals surface area (Å²) in [6.07, 6.45) is 0. The largest absolute Gasteiger partial charge is 1.00 e. The molecule has 0 radical (unpaired) electrons. The normalized spacial score (nSPS) is 0. The summed E-state index contributed by atoms with van der Waals surface area (Å²) in [5.74, 6) is 0. The fraction of sp³-hybridized carbons (Fsp3) is 0. The van der Waals surface area contributed by atoms with E-state index in [-0.39, 0.29) is 568 Å². The van der Waals surface area contributed by atoms with Crippen molar-refractivity contribution in [3.05, 3.63) is 0 Å². The Labute approximate surface area is 549 Å². The van der Waals surface area contributed by atoms with Crippen molar-refractivity contribution < 1.29 is 370 Å². The number of halogens is 16. The maximum atomic E-state index is 0. The first-order valence-electron chi connectivity index (χ1n) is 0. The van der Waals surface area contributed by atoms with E-state index in [2.05, 4.69) is 0 Å². The molecule has 0 saturated carbocycles. The van der Waals surface area contributed by atoms with Gasteiger partial charge in [0, 0.05) is 0 Å². The molecule has 23 heavy (non-hydrogen) atoms. The predicted octanol–water partition coefficient (Wildman–Crippen LogP) is -13.4. The van der Waals surface area contributed by atoms with Gasteiger partial charge in [-0.1, -0.05) is 0 Å². The van der Waals surface area contributed by atoms with Crippen LogP contribution in [0.2, 0.25) is 0 Å². The monoisotopic (exact) mass is 855 g/mol. The zero-order valence-corrected chi connectivity index (χ0v) is 48.5. The summed E-state index contributed by atoms with van der Waals surface area (Å²) in [5.41, 5.74) is 0. The van der Waals surface area contributed by atoms with Crippen LogP contribution in [0.5, 0.6) is 0 Å². The van der Waals surface area contributed by atoms with Crippen molar-refractivity contribution in [3.8, 4) is 0 Å². The topological polar surface area (TPSA) is 0 Å². The summed E-state index contributed by atoms with van der Waals surface area (Å²) in [6, 6.07) is 0. The molecule has 0 fully saturated rings. The van der Waals surface area contributed by atoms with E-state index in [0.717, 1.165) is 0 Å². The van der Waals surface area contributed by atoms with E-state index >= 15 is 0 Å². The number of rotatable bonds is 0. The molecule has 0 unspecified atom stereocenters. The van der Waals surface area contributed by atoms with Crippen molar-refractivity contribution in [1.82, 2.24) is 0 Å². The third kappa shape index (κ3) is 192. The molecule has 0 heterocycles. The Hall–Kier alpha value is 16.1. The Balaban J connectivity index is 0. The standard InChI is InChI=1S/16ClH.7K.7H/h16*1H;;;;;;;;;;;;;;/q;;;;;;;;;;;;;;;;7*+1;7*-1. The van der Waals surface area contributed by atoms with Gasteiger partial charge in [0.1, 0.15) is 0 Å². The van der Waals surface area contributed by atoms with Gasteiger partial charge >= 0.3 is 360 Å². The molecule has 0 nitrogen and oxygen atoms in total. The zero-order chi connectivity index (χ0) is 0. The van der Waals surface area contributed by atoms with Crippen LogP contribution in [0.3, 0.4) is 0 Å². The van der Waals surface area contributed by atoms with Gasteiger partial charge in [-0.3, -0.25) is 0 Å². The van der Waals surface area contributed by atoms with Crippen LogP contribution in [0.25, 0.3) is 0 Å². The Bertz CT molecular complexity index is 43.9. The molecule has 23 heteroatoms. The maximum Gasteiger partial charge on any atom is 1.00 e. The van der Waals surface area contributed by atoms with Crippen LogP contribution in [0.1, 0.15) is 9.99 Å². The molecule has 0 aliphatic carbocycles. The summed E-state index contributed by atoms with van der Waals surface area (Å²) in [5, 5.41) is 0. The minimum atomic E-state index is 0. The van der Waals surface area contributed by atoms with E-state index in [4.69, 9.17) is 0 Å². The molecule has 0 saturated heterocycles. The average Bonchev–Trinajstić information content (AvgIpc) is 0. The van der Waals surface area contributed by atoms with Crippen molar-refractivity contribution in [2.75, 3.05) is 0 Å². The van der Waals surface area contributed by atoms with Gasteiger partial charge in [-0.15, -0.1) is 199 Å². The van der Waals surface area contributed by atoms with E-state index in [0.29, 0.717) is 0 Å². The first kappa shape index (κ1) is 219. The molecule has 0 aliphatic heterocycles. The summed E-state index contributed by atoms with van der Waals surface area (Å²) >= 11 is 0. The van der Waals surface area contributed by atoms with Crippen LogP contribution < -0.4 is 360 Å². The SMILES string of the molecule is Cl.Cl.Cl.Cl.Cl.Cl.Cl.Cl.Cl.Cl.Cl.Cl.Cl.Cl.Cl.Cl.[H-].[H-].[H-].[H-].[H-].[H-].[H-].[K+].[K+].[K+].[K+].[K+].[K+].[K+]. The van der Waals surface area contributed by atoms with Crippen molar-refractivity contribution in [1.29, 1.82) is 0 Å². The van der Waals surface area contributed by atoms with Gasteiger partial charge in [0.25, 0.3) is 0 Å². The van der Waals surface area contributed by atoms with Gasteiger partial charge in [-0.05, 0) is 0 Å². The van der Waals surface area contributed by atoms with Crippen molar-refractivity contribution in [2.24, 2.45) is 0 Å². The molecule has 0 spiro atoms. The minimum absolute atomic E-state index is 0. The fourth-order valence-corrected chi connectivity index (χ4v) is 0. The van der Waals surface area contributed by atoms with Crippen molar-refractivity contribution >= 4 is 199 Å². The van der Waals surface area contributed by atoms with Gasteiger partial charge < -0.3 is 9.99 Å². The Morgan fingerprint density at radius 3 is 0.130 bits per heavy atom. The average molecular weight is 864 g/mol. The van der Waals surface area contributed by atoms with Gasteiger partial charge in [0.05, 0.1) is 0 Å². The van der Waals surface area contributed by atoms with Gasteiger partial charge in [-0.2, -0.15) is 0 Å². The minimum Gasteiger partial charge on any atom is -1.00 e. The molecule has 0 aromatic carbocycles. The predicted molar refractivity (Wildman–Crippen MR) is 124 cm³/mol. The van der Waals surface area contributed by atoms with Gasteiger partial charge in [0.15, 0.2) is 0 Å². The van der Waals surface area contributed by atoms with Gasteiger partial charge in [0.2, 0.25) is 0 Å². The van der Waals surface area contributed by atoms with Crippen LogP contribution in [0.4, 0.5) is 0 Å². The second-order valence-corrected chi connectivity index (χ2v) is 0. The molecule has 0 atom stereocenters. The zero-order valence-electron chi connectivity index (χ0n) is 20.5. The third-order valence-corrected chi connectivity index (χ3v) is 0. The van der Waals surface area contributed by atoms with Crippen LogP contribution >= 0.6 is 199 Å². The molecule has 142 valence electrons. The first-order chi connectivity index (χ1) is 0. The van der Waals surface area contributed by atoms with E-state index in [1.807, 2.05) is 0 Å². The molecule has 0 aromatic heterocycles. The fourth-order valence-electron chi connectivity index (χ4n) is 0. The number of hydrogen-bond donors (Lipinski definition) is 0. The van der Waals surface area contributed by atoms with Crippen LogP contribution in [-0.2, 0) is 0 Å². The smallest absolute Gasteiger partial charge is 1.00 e. The van der Waals surface area contributed by atoms with Crippen molar-refractivity contribution in [3.63, 3.8) is 0 Å². The van der Waals surface area contributed by atoms with Gasteiger partial charge in [-0.25, -0.2) is 0 Å². The van der Waals surface area contributed by atoms with E-state index in [1.165, 1.54) is 0 Å². The van der Waals surface area contributed by atoms with Crippen molar-refractivity contribution in [2.45, 2.75) is 0 Å². The molecular weight excluding hydrogens is 841 g/mol. The molecule has 0 amide bonds. The van der Waals surface area contributed by atoms with E-state index < -0.39 is 0 Å². The van der Waals surface area contributed by atoms with Crippen LogP contribution in [-0.4, -0.2) is 0 Å². The molecule has 0 bridgehead atoms. The van der Waals surface area contributed by atoms with Crippen LogP contribution in [0.15, 0.2) is 0 Å². The Kier molecular flexibility index (Phi) is 1930. The van der Waals surface area contributed by atoms with Crippen LogP contribution in [0, 0.1) is 0 Å². The quantitative estimate of drug-likeness (QED) is 0.213. The molecular formula is H23Cl16K7. The molecule has 0 aliphatic rings. The van der Waals surface area contributed by atoms with E-state index in [9.17, 15) is 0 Å². The molecule has 0 rings (SSSR count). The Morgan fingerprint density at radius 2 is 0.130 bits per heavy atom. The summed E-state index contributed by atoms with van der Waals surface area (Å²) in [7, 11) is 0. The maximum absolute atomic E-state index is 0. The summed E-state index contributed by atoms with van der Waals surface area (Å²) < 4.78 is 0. The van der Waals surface area contributed by atoms with E-state index in [1.54, 1.807) is 0 Å².